The molecule has 5 nitrogen and oxygen atoms in total. The van der Waals surface area contributed by atoms with Gasteiger partial charge in [0.05, 0.1) is 32.5 Å². The van der Waals surface area contributed by atoms with Crippen LogP contribution in [0.3, 0.4) is 0 Å². The molecule has 7 heteroatoms. The molecule has 120 valence electrons. The largest absolute Gasteiger partial charge is 0.298 e. The normalized spacial score (nSPS) is 12.8. The predicted molar refractivity (Wildman–Crippen MR) is 98.0 cm³/mol. The molecule has 24 heavy (non-hydrogen) atoms. The van der Waals surface area contributed by atoms with Crippen molar-refractivity contribution in [1.82, 2.24) is 9.97 Å². The molecule has 1 aliphatic rings. The van der Waals surface area contributed by atoms with Gasteiger partial charge in [0, 0.05) is 18.0 Å². The number of nitrogens with one attached hydrogen (secondary N) is 1. The van der Waals surface area contributed by atoms with Crippen molar-refractivity contribution in [2.45, 2.75) is 20.3 Å². The monoisotopic (exact) mass is 354 g/mol. The number of aliphatic imine (C=N–C) groups is 1. The van der Waals surface area contributed by atoms with Gasteiger partial charge in [-0.1, -0.05) is 12.1 Å². The number of nitrogens with zero attached hydrogens (tertiary/aromatic N) is 3. The summed E-state index contributed by atoms with van der Waals surface area (Å²) >= 11 is 3.05. The van der Waals surface area contributed by atoms with Crippen molar-refractivity contribution < 1.29 is 4.79 Å². The van der Waals surface area contributed by atoms with E-state index in [0.29, 0.717) is 10.7 Å². The van der Waals surface area contributed by atoms with E-state index in [2.05, 4.69) is 15.3 Å². The molecule has 0 unspecified atom stereocenters. The van der Waals surface area contributed by atoms with Crippen molar-refractivity contribution in [3.63, 3.8) is 0 Å². The Labute approximate surface area is 147 Å². The number of aryl methyl sites for hydroxylation is 2. The van der Waals surface area contributed by atoms with Crippen LogP contribution in [-0.4, -0.2) is 21.6 Å². The lowest BCUT2D eigenvalue weighted by molar-refractivity contribution is 0.102. The summed E-state index contributed by atoms with van der Waals surface area (Å²) in [5, 5.41) is 6.28. The number of hydrogen-bond donors (Lipinski definition) is 1. The van der Waals surface area contributed by atoms with Gasteiger partial charge in [0.1, 0.15) is 0 Å². The van der Waals surface area contributed by atoms with Gasteiger partial charge in [-0.25, -0.2) is 9.97 Å². The Bertz CT molecular complexity index is 957. The number of fused-ring (bicyclic) bond motifs is 1. The first-order valence-electron chi connectivity index (χ1n) is 7.46. The molecule has 3 heterocycles. The minimum atomic E-state index is -0.177. The van der Waals surface area contributed by atoms with Crippen LogP contribution >= 0.6 is 22.7 Å². The third kappa shape index (κ3) is 2.65. The first-order valence-corrected chi connectivity index (χ1v) is 9.16. The molecule has 1 N–H and O–H groups in total. The van der Waals surface area contributed by atoms with Gasteiger partial charge in [-0.05, 0) is 25.5 Å². The van der Waals surface area contributed by atoms with Crippen LogP contribution in [0.25, 0.3) is 0 Å². The molecule has 4 rings (SSSR count). The van der Waals surface area contributed by atoms with E-state index < -0.39 is 0 Å². The highest BCUT2D eigenvalue weighted by Gasteiger charge is 2.24. The number of benzene rings is 1. The maximum absolute atomic E-state index is 12.6. The third-order valence-corrected chi connectivity index (χ3v) is 5.60. The van der Waals surface area contributed by atoms with Crippen LogP contribution in [0, 0.1) is 13.8 Å². The molecular formula is C17H14N4OS2. The minimum Gasteiger partial charge on any atom is -0.298 e. The van der Waals surface area contributed by atoms with Gasteiger partial charge in [-0.2, -0.15) is 0 Å². The number of carbonyl (C=O) groups excluding carboxylic acids is 1. The fourth-order valence-electron chi connectivity index (χ4n) is 2.78. The predicted octanol–water partition coefficient (Wildman–Crippen LogP) is 4.15. The van der Waals surface area contributed by atoms with Crippen LogP contribution < -0.4 is 5.32 Å². The van der Waals surface area contributed by atoms with E-state index in [1.165, 1.54) is 11.3 Å². The van der Waals surface area contributed by atoms with Crippen LogP contribution in [0.1, 0.15) is 31.5 Å². The first-order chi connectivity index (χ1) is 11.6. The molecular weight excluding hydrogens is 340 g/mol. The second-order valence-electron chi connectivity index (χ2n) is 5.49. The van der Waals surface area contributed by atoms with Gasteiger partial charge < -0.3 is 0 Å². The number of amides is 1. The van der Waals surface area contributed by atoms with Gasteiger partial charge in [0.25, 0.3) is 5.91 Å². The van der Waals surface area contributed by atoms with Crippen LogP contribution in [0.2, 0.25) is 0 Å². The van der Waals surface area contributed by atoms with Crippen molar-refractivity contribution in [2.75, 3.05) is 5.32 Å². The highest BCUT2D eigenvalue weighted by Crippen LogP contribution is 2.35. The Balaban J connectivity index is 1.70. The van der Waals surface area contributed by atoms with Crippen LogP contribution in [0.5, 0.6) is 0 Å². The molecule has 0 saturated carbocycles. The maximum atomic E-state index is 12.6. The Morgan fingerprint density at radius 3 is 2.88 bits per heavy atom. The van der Waals surface area contributed by atoms with E-state index in [9.17, 15) is 4.79 Å². The van der Waals surface area contributed by atoms with E-state index in [0.717, 1.165) is 39.0 Å². The first kappa shape index (κ1) is 15.2. The van der Waals surface area contributed by atoms with Gasteiger partial charge in [-0.15, -0.1) is 22.7 Å². The number of anilines is 1. The van der Waals surface area contributed by atoms with E-state index in [1.54, 1.807) is 23.6 Å². The molecule has 2 aromatic heterocycles. The summed E-state index contributed by atoms with van der Waals surface area (Å²) in [7, 11) is 0. The molecule has 0 bridgehead atoms. The zero-order chi connectivity index (χ0) is 16.7. The Hall–Kier alpha value is -2.38. The number of aromatic nitrogens is 2. The summed E-state index contributed by atoms with van der Waals surface area (Å²) in [6.45, 7) is 4.00. The average Bonchev–Trinajstić information content (AvgIpc) is 3.26. The third-order valence-electron chi connectivity index (χ3n) is 3.79. The molecule has 0 saturated heterocycles. The average molecular weight is 354 g/mol. The van der Waals surface area contributed by atoms with Crippen molar-refractivity contribution in [3.8, 4) is 0 Å². The lowest BCUT2D eigenvalue weighted by atomic mass is 10.0. The van der Waals surface area contributed by atoms with Crippen molar-refractivity contribution in [3.05, 3.63) is 56.5 Å². The van der Waals surface area contributed by atoms with E-state index in [1.807, 2.05) is 31.4 Å². The lowest BCUT2D eigenvalue weighted by Gasteiger charge is -2.05. The quantitative estimate of drug-likeness (QED) is 0.768. The van der Waals surface area contributed by atoms with Gasteiger partial charge in [0.15, 0.2) is 5.13 Å². The molecule has 0 spiro atoms. The summed E-state index contributed by atoms with van der Waals surface area (Å²) in [6, 6.07) is 5.73. The Morgan fingerprint density at radius 2 is 2.17 bits per heavy atom. The Kier molecular flexibility index (Phi) is 3.74. The lowest BCUT2D eigenvalue weighted by Crippen LogP contribution is -2.11. The van der Waals surface area contributed by atoms with Crippen LogP contribution in [0.15, 0.2) is 34.8 Å². The fourth-order valence-corrected chi connectivity index (χ4v) is 4.21. The summed E-state index contributed by atoms with van der Waals surface area (Å²) in [4.78, 5) is 27.0. The number of rotatable bonds is 3. The number of para-hydroxylation sites is 1. The van der Waals surface area contributed by atoms with Gasteiger partial charge in [0.2, 0.25) is 0 Å². The van der Waals surface area contributed by atoms with E-state index in [4.69, 9.17) is 4.99 Å². The summed E-state index contributed by atoms with van der Waals surface area (Å²) in [6.07, 6.45) is 2.40. The SMILES string of the molecule is Cc1nc(C)c(C2=Nc3c(cccc3C(=O)Nc3nccs3)C2)s1. The standard InChI is InChI=1S/C17H14N4OS2/c1-9-15(24-10(2)19-9)13-8-11-4-3-5-12(14(11)20-13)16(22)21-17-18-6-7-23-17/h3-7H,8H2,1-2H3,(H,18,21,22). The smallest absolute Gasteiger partial charge is 0.259 e. The highest BCUT2D eigenvalue weighted by atomic mass is 32.1. The second-order valence-corrected chi connectivity index (χ2v) is 7.59. The molecule has 1 aromatic carbocycles. The highest BCUT2D eigenvalue weighted by molar-refractivity contribution is 7.14. The maximum Gasteiger partial charge on any atom is 0.259 e. The second kappa shape index (κ2) is 5.92. The molecule has 1 aliphatic heterocycles. The molecule has 3 aromatic rings. The Morgan fingerprint density at radius 1 is 1.29 bits per heavy atom. The molecule has 0 aliphatic carbocycles. The van der Waals surface area contributed by atoms with E-state index >= 15 is 0 Å². The molecule has 1 amide bonds. The van der Waals surface area contributed by atoms with Crippen molar-refractivity contribution in [1.29, 1.82) is 0 Å². The van der Waals surface area contributed by atoms with Crippen molar-refractivity contribution in [2.24, 2.45) is 4.99 Å². The minimum absolute atomic E-state index is 0.177. The summed E-state index contributed by atoms with van der Waals surface area (Å²) in [5.74, 6) is -0.177. The molecule has 0 atom stereocenters. The van der Waals surface area contributed by atoms with Gasteiger partial charge >= 0.3 is 0 Å². The summed E-state index contributed by atoms with van der Waals surface area (Å²) in [5.41, 5.74) is 4.39. The van der Waals surface area contributed by atoms with Crippen LogP contribution in [-0.2, 0) is 6.42 Å². The van der Waals surface area contributed by atoms with Crippen molar-refractivity contribution >= 4 is 45.1 Å². The van der Waals surface area contributed by atoms with E-state index in [-0.39, 0.29) is 5.91 Å². The number of carbonyl (C=O) groups is 1. The van der Waals surface area contributed by atoms with Crippen LogP contribution in [0.4, 0.5) is 10.8 Å². The summed E-state index contributed by atoms with van der Waals surface area (Å²) < 4.78 is 0. The fraction of sp³-hybridized carbons (Fsp3) is 0.176. The molecule has 0 fully saturated rings. The topological polar surface area (TPSA) is 67.2 Å². The van der Waals surface area contributed by atoms with Gasteiger partial charge in [-0.3, -0.25) is 15.1 Å². The zero-order valence-corrected chi connectivity index (χ0v) is 14.8. The number of thiazole rings is 2. The molecule has 0 radical (unpaired) electrons. The zero-order valence-electron chi connectivity index (χ0n) is 13.2. The number of hydrogen-bond acceptors (Lipinski definition) is 6.